The lowest BCUT2D eigenvalue weighted by atomic mass is 10.1. The van der Waals surface area contributed by atoms with Crippen molar-refractivity contribution in [2.75, 3.05) is 6.54 Å². The third-order valence-electron chi connectivity index (χ3n) is 2.53. The van der Waals surface area contributed by atoms with Crippen LogP contribution in [-0.2, 0) is 6.42 Å². The molecular formula is C11H10F3N3O2. The van der Waals surface area contributed by atoms with Crippen LogP contribution >= 0.6 is 0 Å². The van der Waals surface area contributed by atoms with Gasteiger partial charge < -0.3 is 10.5 Å². The van der Waals surface area contributed by atoms with Crippen molar-refractivity contribution in [3.8, 4) is 5.75 Å². The Labute approximate surface area is 106 Å². The van der Waals surface area contributed by atoms with Gasteiger partial charge in [-0.3, -0.25) is 0 Å². The third-order valence-corrected chi connectivity index (χ3v) is 2.53. The first-order valence-corrected chi connectivity index (χ1v) is 5.35. The molecule has 1 aromatic carbocycles. The topological polar surface area (TPSA) is 67.9 Å². The van der Waals surface area contributed by atoms with Gasteiger partial charge in [-0.05, 0) is 24.1 Å². The number of hydrogen-bond donors (Lipinski definition) is 1. The summed E-state index contributed by atoms with van der Waals surface area (Å²) in [7, 11) is 0. The van der Waals surface area contributed by atoms with Crippen LogP contribution in [0.1, 0.15) is 11.1 Å². The average Bonchev–Trinajstić information content (AvgIpc) is 2.48. The van der Waals surface area contributed by atoms with Gasteiger partial charge in [0, 0.05) is 5.56 Å². The molecule has 2 N–H and O–H groups in total. The Morgan fingerprint density at radius 1 is 1.42 bits per heavy atom. The number of nitrogens with zero attached hydrogens (tertiary/aromatic N) is 2. The number of primary amides is 1. The monoisotopic (exact) mass is 273 g/mol. The van der Waals surface area contributed by atoms with E-state index >= 15 is 0 Å². The van der Waals surface area contributed by atoms with Crippen LogP contribution in [-0.4, -0.2) is 30.2 Å². The molecule has 0 aromatic heterocycles. The Morgan fingerprint density at radius 3 is 2.79 bits per heavy atom. The number of alkyl halides is 3. The third kappa shape index (κ3) is 3.36. The van der Waals surface area contributed by atoms with Gasteiger partial charge in [0.15, 0.2) is 0 Å². The molecule has 0 bridgehead atoms. The summed E-state index contributed by atoms with van der Waals surface area (Å²) in [6, 6.07) is 3.24. The predicted molar refractivity (Wildman–Crippen MR) is 60.7 cm³/mol. The number of carbonyl (C=O) groups is 1. The minimum Gasteiger partial charge on any atom is -0.406 e. The molecule has 1 aliphatic heterocycles. The van der Waals surface area contributed by atoms with E-state index in [1.54, 1.807) is 0 Å². The largest absolute Gasteiger partial charge is 0.573 e. The van der Waals surface area contributed by atoms with E-state index in [2.05, 4.69) is 9.84 Å². The Bertz CT molecular complexity index is 528. The molecule has 1 aromatic rings. The maximum Gasteiger partial charge on any atom is 0.573 e. The standard InChI is InChI=1S/C11H10F3N3O2/c12-11(13,14)19-9-2-1-7-3-4-17(10(15)18)16-6-8(7)5-9/h1-2,5-6H,3-4H2,(H2,15,18). The van der Waals surface area contributed by atoms with Crippen molar-refractivity contribution in [2.45, 2.75) is 12.8 Å². The molecule has 2 amide bonds. The molecular weight excluding hydrogens is 263 g/mol. The van der Waals surface area contributed by atoms with E-state index in [1.165, 1.54) is 24.4 Å². The lowest BCUT2D eigenvalue weighted by Gasteiger charge is -2.11. The molecule has 0 atom stereocenters. The highest BCUT2D eigenvalue weighted by atomic mass is 19.4. The second kappa shape index (κ2) is 4.79. The number of ether oxygens (including phenoxy) is 1. The molecule has 2 rings (SSSR count). The van der Waals surface area contributed by atoms with E-state index in [9.17, 15) is 18.0 Å². The maximum absolute atomic E-state index is 12.1. The average molecular weight is 273 g/mol. The fourth-order valence-corrected chi connectivity index (χ4v) is 1.70. The minimum atomic E-state index is -4.74. The first-order valence-electron chi connectivity index (χ1n) is 5.35. The van der Waals surface area contributed by atoms with Gasteiger partial charge in [-0.1, -0.05) is 6.07 Å². The summed E-state index contributed by atoms with van der Waals surface area (Å²) >= 11 is 0. The molecule has 8 heteroatoms. The van der Waals surface area contributed by atoms with E-state index in [0.717, 1.165) is 10.6 Å². The number of urea groups is 1. The van der Waals surface area contributed by atoms with Gasteiger partial charge in [-0.15, -0.1) is 13.2 Å². The number of halogens is 3. The van der Waals surface area contributed by atoms with Crippen molar-refractivity contribution in [3.63, 3.8) is 0 Å². The SMILES string of the molecule is NC(=O)N1CCc2ccc(OC(F)(F)F)cc2C=N1. The van der Waals surface area contributed by atoms with Gasteiger partial charge in [0.2, 0.25) is 0 Å². The molecule has 1 aliphatic rings. The molecule has 102 valence electrons. The molecule has 0 fully saturated rings. The zero-order chi connectivity index (χ0) is 14.0. The molecule has 19 heavy (non-hydrogen) atoms. The van der Waals surface area contributed by atoms with E-state index in [0.29, 0.717) is 12.0 Å². The zero-order valence-corrected chi connectivity index (χ0v) is 9.65. The number of benzene rings is 1. The summed E-state index contributed by atoms with van der Waals surface area (Å²) in [5.41, 5.74) is 6.31. The van der Waals surface area contributed by atoms with Crippen molar-refractivity contribution in [1.82, 2.24) is 5.01 Å². The van der Waals surface area contributed by atoms with Crippen LogP contribution in [0.4, 0.5) is 18.0 Å². The van der Waals surface area contributed by atoms with Crippen LogP contribution in [0.3, 0.4) is 0 Å². The van der Waals surface area contributed by atoms with E-state index < -0.39 is 12.4 Å². The van der Waals surface area contributed by atoms with Crippen LogP contribution in [0.5, 0.6) is 5.75 Å². The van der Waals surface area contributed by atoms with Gasteiger partial charge in [0.1, 0.15) is 5.75 Å². The Kier molecular flexibility index (Phi) is 3.32. The summed E-state index contributed by atoms with van der Waals surface area (Å²) in [5.74, 6) is -0.328. The second-order valence-corrected chi connectivity index (χ2v) is 3.86. The Hall–Kier alpha value is -2.25. The van der Waals surface area contributed by atoms with Crippen LogP contribution < -0.4 is 10.5 Å². The summed E-state index contributed by atoms with van der Waals surface area (Å²) in [4.78, 5) is 11.0. The van der Waals surface area contributed by atoms with E-state index in [4.69, 9.17) is 5.73 Å². The van der Waals surface area contributed by atoms with Crippen molar-refractivity contribution in [2.24, 2.45) is 10.8 Å². The summed E-state index contributed by atoms with van der Waals surface area (Å²) in [6.45, 7) is 0.276. The number of amides is 2. The number of rotatable bonds is 1. The quantitative estimate of drug-likeness (QED) is 0.848. The van der Waals surface area contributed by atoms with Crippen LogP contribution in [0.15, 0.2) is 23.3 Å². The van der Waals surface area contributed by atoms with Gasteiger partial charge in [0.25, 0.3) is 0 Å². The maximum atomic E-state index is 12.1. The van der Waals surface area contributed by atoms with E-state index in [-0.39, 0.29) is 12.3 Å². The lowest BCUT2D eigenvalue weighted by Crippen LogP contribution is -2.32. The summed E-state index contributed by atoms with van der Waals surface area (Å²) < 4.78 is 40.1. The van der Waals surface area contributed by atoms with Gasteiger partial charge in [0.05, 0.1) is 12.8 Å². The number of nitrogens with two attached hydrogens (primary N) is 1. The van der Waals surface area contributed by atoms with Gasteiger partial charge in [-0.25, -0.2) is 9.80 Å². The molecule has 0 spiro atoms. The van der Waals surface area contributed by atoms with Crippen LogP contribution in [0.25, 0.3) is 0 Å². The fraction of sp³-hybridized carbons (Fsp3) is 0.273. The molecule has 0 saturated heterocycles. The van der Waals surface area contributed by atoms with Crippen LogP contribution in [0.2, 0.25) is 0 Å². The Balaban J connectivity index is 2.25. The normalized spacial score (nSPS) is 14.8. The predicted octanol–water partition coefficient (Wildman–Crippen LogP) is 1.86. The van der Waals surface area contributed by atoms with Gasteiger partial charge in [-0.2, -0.15) is 5.10 Å². The van der Waals surface area contributed by atoms with Gasteiger partial charge >= 0.3 is 12.4 Å². The minimum absolute atomic E-state index is 0.276. The number of hydrazone groups is 1. The smallest absolute Gasteiger partial charge is 0.406 e. The van der Waals surface area contributed by atoms with Crippen molar-refractivity contribution < 1.29 is 22.7 Å². The zero-order valence-electron chi connectivity index (χ0n) is 9.65. The van der Waals surface area contributed by atoms with Crippen molar-refractivity contribution in [3.05, 3.63) is 29.3 Å². The lowest BCUT2D eigenvalue weighted by molar-refractivity contribution is -0.274. The first kappa shape index (κ1) is 13.2. The highest BCUT2D eigenvalue weighted by Crippen LogP contribution is 2.25. The highest BCUT2D eigenvalue weighted by molar-refractivity contribution is 5.84. The summed E-state index contributed by atoms with van der Waals surface area (Å²) in [6.07, 6.45) is -3.00. The fourth-order valence-electron chi connectivity index (χ4n) is 1.70. The van der Waals surface area contributed by atoms with Crippen molar-refractivity contribution >= 4 is 12.2 Å². The first-order chi connectivity index (χ1) is 8.85. The number of carbonyl (C=O) groups excluding carboxylic acids is 1. The van der Waals surface area contributed by atoms with Crippen molar-refractivity contribution in [1.29, 1.82) is 0 Å². The molecule has 5 nitrogen and oxygen atoms in total. The molecule has 0 radical (unpaired) electrons. The molecule has 0 aliphatic carbocycles. The number of fused-ring (bicyclic) bond motifs is 1. The second-order valence-electron chi connectivity index (χ2n) is 3.86. The Morgan fingerprint density at radius 2 is 2.16 bits per heavy atom. The number of hydrogen-bond acceptors (Lipinski definition) is 3. The van der Waals surface area contributed by atoms with Crippen LogP contribution in [0, 0.1) is 0 Å². The van der Waals surface area contributed by atoms with E-state index in [1.807, 2.05) is 0 Å². The highest BCUT2D eigenvalue weighted by Gasteiger charge is 2.31. The summed E-state index contributed by atoms with van der Waals surface area (Å²) in [5, 5.41) is 4.84. The molecule has 0 unspecified atom stereocenters. The molecule has 0 saturated carbocycles. The molecule has 1 heterocycles.